The highest BCUT2D eigenvalue weighted by atomic mass is 14.8. The van der Waals surface area contributed by atoms with E-state index in [1.54, 1.807) is 0 Å². The molecule has 20 heavy (non-hydrogen) atoms. The molecule has 0 radical (unpaired) electrons. The number of hydrogen-bond donors (Lipinski definition) is 0. The number of aliphatic imine (C=N–C) groups is 1. The third-order valence-corrected chi connectivity index (χ3v) is 4.62. The molecule has 0 spiro atoms. The Hall–Kier alpha value is -0.330. The van der Waals surface area contributed by atoms with Crippen LogP contribution in [-0.2, 0) is 0 Å². The lowest BCUT2D eigenvalue weighted by molar-refractivity contribution is 0.488. The summed E-state index contributed by atoms with van der Waals surface area (Å²) in [5.74, 6) is 0. The molecule has 0 aliphatic carbocycles. The number of rotatable bonds is 12. The minimum atomic E-state index is 0.669. The van der Waals surface area contributed by atoms with E-state index in [1.165, 1.54) is 102 Å². The zero-order chi connectivity index (χ0) is 14.5. The smallest absolute Gasteiger partial charge is 0.0499 e. The number of unbranched alkanes of at least 4 members (excludes halogenated alkanes) is 10. The molecule has 0 saturated heterocycles. The summed E-state index contributed by atoms with van der Waals surface area (Å²) in [6.07, 6.45) is 21.2. The van der Waals surface area contributed by atoms with Crippen molar-refractivity contribution in [1.29, 1.82) is 0 Å². The molecule has 0 N–H and O–H groups in total. The van der Waals surface area contributed by atoms with Gasteiger partial charge < -0.3 is 0 Å². The highest BCUT2D eigenvalue weighted by molar-refractivity contribution is 5.82. The molecule has 1 unspecified atom stereocenters. The van der Waals surface area contributed by atoms with Crippen LogP contribution in [0.15, 0.2) is 4.99 Å². The van der Waals surface area contributed by atoms with E-state index >= 15 is 0 Å². The number of hydrogen-bond acceptors (Lipinski definition) is 1. The molecule has 1 nitrogen and oxygen atoms in total. The van der Waals surface area contributed by atoms with Gasteiger partial charge in [-0.3, -0.25) is 4.99 Å². The summed E-state index contributed by atoms with van der Waals surface area (Å²) < 4.78 is 0. The lowest BCUT2D eigenvalue weighted by Gasteiger charge is -2.18. The Balaban J connectivity index is 1.80. The maximum atomic E-state index is 4.78. The largest absolute Gasteiger partial charge is 0.291 e. The Morgan fingerprint density at radius 3 is 1.95 bits per heavy atom. The molecule has 0 saturated carbocycles. The molecular formula is C19H37N. The SMILES string of the molecule is CCCCCCCCCCCCCC1CCCC(C)=N1. The zero-order valence-electron chi connectivity index (χ0n) is 14.1. The summed E-state index contributed by atoms with van der Waals surface area (Å²) in [4.78, 5) is 4.78. The molecule has 0 aromatic carbocycles. The molecular weight excluding hydrogens is 242 g/mol. The second-order valence-electron chi connectivity index (χ2n) is 6.73. The van der Waals surface area contributed by atoms with Crippen LogP contribution in [-0.4, -0.2) is 11.8 Å². The van der Waals surface area contributed by atoms with Gasteiger partial charge >= 0.3 is 0 Å². The van der Waals surface area contributed by atoms with Crippen LogP contribution in [0.5, 0.6) is 0 Å². The Kier molecular flexibility index (Phi) is 11.0. The first-order valence-corrected chi connectivity index (χ1v) is 9.36. The van der Waals surface area contributed by atoms with Crippen molar-refractivity contribution in [2.75, 3.05) is 0 Å². The summed E-state index contributed by atoms with van der Waals surface area (Å²) in [5.41, 5.74) is 1.39. The van der Waals surface area contributed by atoms with Crippen LogP contribution in [0.3, 0.4) is 0 Å². The first-order chi connectivity index (χ1) is 9.83. The summed E-state index contributed by atoms with van der Waals surface area (Å²) in [7, 11) is 0. The molecule has 1 heteroatoms. The van der Waals surface area contributed by atoms with Crippen molar-refractivity contribution in [3.05, 3.63) is 0 Å². The monoisotopic (exact) mass is 279 g/mol. The molecule has 0 aromatic rings. The predicted octanol–water partition coefficient (Wildman–Crippen LogP) is 6.70. The highest BCUT2D eigenvalue weighted by Crippen LogP contribution is 2.19. The normalized spacial score (nSPS) is 19.1. The molecule has 1 aliphatic heterocycles. The summed E-state index contributed by atoms with van der Waals surface area (Å²) in [6.45, 7) is 4.49. The minimum absolute atomic E-state index is 0.669. The van der Waals surface area contributed by atoms with Gasteiger partial charge in [0.15, 0.2) is 0 Å². The zero-order valence-corrected chi connectivity index (χ0v) is 14.1. The van der Waals surface area contributed by atoms with Gasteiger partial charge in [-0.1, -0.05) is 77.6 Å². The van der Waals surface area contributed by atoms with E-state index in [0.717, 1.165) is 0 Å². The number of nitrogens with zero attached hydrogens (tertiary/aromatic N) is 1. The van der Waals surface area contributed by atoms with E-state index in [0.29, 0.717) is 6.04 Å². The van der Waals surface area contributed by atoms with E-state index in [9.17, 15) is 0 Å². The van der Waals surface area contributed by atoms with Gasteiger partial charge in [0.25, 0.3) is 0 Å². The Morgan fingerprint density at radius 1 is 0.850 bits per heavy atom. The molecule has 1 atom stereocenters. The maximum absolute atomic E-state index is 4.78. The van der Waals surface area contributed by atoms with Crippen molar-refractivity contribution >= 4 is 5.71 Å². The molecule has 1 aliphatic rings. The van der Waals surface area contributed by atoms with Crippen LogP contribution in [0.2, 0.25) is 0 Å². The lowest BCUT2D eigenvalue weighted by Crippen LogP contribution is -2.13. The fourth-order valence-electron chi connectivity index (χ4n) is 3.29. The first kappa shape index (κ1) is 17.7. The molecule has 0 fully saturated rings. The van der Waals surface area contributed by atoms with Crippen molar-refractivity contribution in [1.82, 2.24) is 0 Å². The van der Waals surface area contributed by atoms with E-state index in [4.69, 9.17) is 4.99 Å². The van der Waals surface area contributed by atoms with Crippen LogP contribution in [0, 0.1) is 0 Å². The van der Waals surface area contributed by atoms with Gasteiger partial charge in [-0.2, -0.15) is 0 Å². The van der Waals surface area contributed by atoms with Crippen LogP contribution < -0.4 is 0 Å². The van der Waals surface area contributed by atoms with E-state index in [1.807, 2.05) is 0 Å². The van der Waals surface area contributed by atoms with Crippen molar-refractivity contribution in [3.8, 4) is 0 Å². The molecule has 0 amide bonds. The Bertz CT molecular complexity index is 244. The molecule has 0 aromatic heterocycles. The average Bonchev–Trinajstić information content (AvgIpc) is 2.45. The minimum Gasteiger partial charge on any atom is -0.291 e. The second kappa shape index (κ2) is 12.4. The average molecular weight is 280 g/mol. The second-order valence-corrected chi connectivity index (χ2v) is 6.73. The summed E-state index contributed by atoms with van der Waals surface area (Å²) in [6, 6.07) is 0.669. The van der Waals surface area contributed by atoms with Gasteiger partial charge in [0, 0.05) is 11.8 Å². The highest BCUT2D eigenvalue weighted by Gasteiger charge is 2.11. The van der Waals surface area contributed by atoms with E-state index < -0.39 is 0 Å². The van der Waals surface area contributed by atoms with Gasteiger partial charge in [0.2, 0.25) is 0 Å². The molecule has 0 bridgehead atoms. The van der Waals surface area contributed by atoms with Crippen molar-refractivity contribution in [2.45, 2.75) is 116 Å². The Labute approximate surface area is 127 Å². The van der Waals surface area contributed by atoms with Crippen molar-refractivity contribution in [2.24, 2.45) is 4.99 Å². The quantitative estimate of drug-likeness (QED) is 0.352. The van der Waals surface area contributed by atoms with Crippen LogP contribution >= 0.6 is 0 Å². The van der Waals surface area contributed by atoms with Gasteiger partial charge in [-0.25, -0.2) is 0 Å². The van der Waals surface area contributed by atoms with E-state index in [2.05, 4.69) is 13.8 Å². The van der Waals surface area contributed by atoms with E-state index in [-0.39, 0.29) is 0 Å². The fourth-order valence-corrected chi connectivity index (χ4v) is 3.29. The molecule has 1 rings (SSSR count). The van der Waals surface area contributed by atoms with Crippen molar-refractivity contribution in [3.63, 3.8) is 0 Å². The van der Waals surface area contributed by atoms with Gasteiger partial charge in [0.05, 0.1) is 0 Å². The Morgan fingerprint density at radius 2 is 1.40 bits per heavy atom. The van der Waals surface area contributed by atoms with Crippen LogP contribution in [0.25, 0.3) is 0 Å². The van der Waals surface area contributed by atoms with Crippen LogP contribution in [0.1, 0.15) is 110 Å². The third-order valence-electron chi connectivity index (χ3n) is 4.62. The molecule has 1 heterocycles. The fraction of sp³-hybridized carbons (Fsp3) is 0.947. The third kappa shape index (κ3) is 9.55. The van der Waals surface area contributed by atoms with Crippen LogP contribution in [0.4, 0.5) is 0 Å². The van der Waals surface area contributed by atoms with Crippen molar-refractivity contribution < 1.29 is 0 Å². The standard InChI is InChI=1S/C19H37N/c1-3-4-5-6-7-8-9-10-11-12-13-16-19-17-14-15-18(2)20-19/h19H,3-17H2,1-2H3. The maximum Gasteiger partial charge on any atom is 0.0499 e. The summed E-state index contributed by atoms with van der Waals surface area (Å²) in [5, 5.41) is 0. The van der Waals surface area contributed by atoms with Gasteiger partial charge in [-0.15, -0.1) is 0 Å². The predicted molar refractivity (Wildman–Crippen MR) is 91.8 cm³/mol. The first-order valence-electron chi connectivity index (χ1n) is 9.36. The van der Waals surface area contributed by atoms with Gasteiger partial charge in [0.1, 0.15) is 0 Å². The molecule has 118 valence electrons. The summed E-state index contributed by atoms with van der Waals surface area (Å²) >= 11 is 0. The van der Waals surface area contributed by atoms with Gasteiger partial charge in [-0.05, 0) is 32.6 Å². The lowest BCUT2D eigenvalue weighted by atomic mass is 9.98. The topological polar surface area (TPSA) is 12.4 Å².